The Hall–Kier alpha value is -0.363. The minimum Gasteiger partial charge on any atom is -0.410 e. The number of fused-ring (bicyclic) bond motifs is 4. The molecular weight excluding hydrogens is 625 g/mol. The van der Waals surface area contributed by atoms with Crippen molar-refractivity contribution in [3.8, 4) is 0 Å². The van der Waals surface area contributed by atoms with Gasteiger partial charge in [-0.25, -0.2) is 0 Å². The molecule has 1 N–H and O–H groups in total. The molecule has 0 aromatic carbocycles. The lowest BCUT2D eigenvalue weighted by atomic mass is 9.76. The molecule has 0 aliphatic carbocycles. The van der Waals surface area contributed by atoms with Gasteiger partial charge in [0.25, 0.3) is 0 Å². The van der Waals surface area contributed by atoms with Crippen LogP contribution in [0, 0.1) is 23.7 Å². The van der Waals surface area contributed by atoms with Crippen LogP contribution in [0.15, 0.2) is 12.7 Å². The third-order valence-electron chi connectivity index (χ3n) is 14.0. The molecule has 0 bridgehead atoms. The molecule has 0 radical (unpaired) electrons. The highest BCUT2D eigenvalue weighted by atomic mass is 28.4. The first-order chi connectivity index (χ1) is 22.6. The molecule has 1 unspecified atom stereocenters. The molecule has 8 nitrogen and oxygen atoms in total. The molecule has 6 aliphatic heterocycles. The molecule has 6 saturated heterocycles. The van der Waals surface area contributed by atoms with Gasteiger partial charge in [-0.1, -0.05) is 75.3 Å². The molecule has 1 spiro atoms. The summed E-state index contributed by atoms with van der Waals surface area (Å²) in [4.78, 5) is 0. The maximum atomic E-state index is 11.8. The summed E-state index contributed by atoms with van der Waals surface area (Å²) in [6.45, 7) is 30.0. The zero-order valence-corrected chi connectivity index (χ0v) is 32.9. The van der Waals surface area contributed by atoms with E-state index in [9.17, 15) is 5.11 Å². The Morgan fingerprint density at radius 2 is 1.35 bits per heavy atom. The van der Waals surface area contributed by atoms with Gasteiger partial charge >= 0.3 is 0 Å². The Labute approximate surface area is 292 Å². The molecular formula is C39H68O8Si. The number of rotatable bonds is 6. The average Bonchev–Trinajstić information content (AvgIpc) is 3.46. The quantitative estimate of drug-likeness (QED) is 0.226. The number of hydrogen-bond donors (Lipinski definition) is 1. The Morgan fingerprint density at radius 1 is 0.750 bits per heavy atom. The van der Waals surface area contributed by atoms with Gasteiger partial charge in [-0.3, -0.25) is 0 Å². The minimum atomic E-state index is -2.20. The zero-order valence-electron chi connectivity index (χ0n) is 31.9. The van der Waals surface area contributed by atoms with Gasteiger partial charge in [0.15, 0.2) is 5.79 Å². The van der Waals surface area contributed by atoms with Crippen molar-refractivity contribution in [3.05, 3.63) is 12.7 Å². The fraction of sp³-hybridized carbons (Fsp3) is 0.949. The second-order valence-corrected chi connectivity index (χ2v) is 23.3. The predicted octanol–water partition coefficient (Wildman–Crippen LogP) is 7.56. The van der Waals surface area contributed by atoms with E-state index in [1.54, 1.807) is 0 Å². The van der Waals surface area contributed by atoms with Crippen LogP contribution in [0.25, 0.3) is 0 Å². The number of hydrogen-bond acceptors (Lipinski definition) is 8. The van der Waals surface area contributed by atoms with E-state index in [-0.39, 0.29) is 66.6 Å². The van der Waals surface area contributed by atoms with Crippen LogP contribution in [0.4, 0.5) is 0 Å². The third-order valence-corrected chi connectivity index (χ3v) is 20.1. The summed E-state index contributed by atoms with van der Waals surface area (Å²) in [5, 5.41) is 11.8. The Morgan fingerprint density at radius 3 is 1.96 bits per heavy atom. The Kier molecular flexibility index (Phi) is 10.8. The lowest BCUT2D eigenvalue weighted by Gasteiger charge is -2.54. The highest BCUT2D eigenvalue weighted by Gasteiger charge is 2.61. The summed E-state index contributed by atoms with van der Waals surface area (Å²) in [5.74, 6) is -0.0878. The molecule has 9 heteroatoms. The fourth-order valence-electron chi connectivity index (χ4n) is 11.0. The molecule has 6 heterocycles. The van der Waals surface area contributed by atoms with Crippen molar-refractivity contribution >= 4 is 8.32 Å². The van der Waals surface area contributed by atoms with Gasteiger partial charge in [0.05, 0.1) is 61.5 Å². The molecule has 0 aromatic heterocycles. The number of aliphatic hydroxyl groups is 1. The monoisotopic (exact) mass is 692 g/mol. The van der Waals surface area contributed by atoms with Gasteiger partial charge in [-0.15, -0.1) is 6.58 Å². The van der Waals surface area contributed by atoms with E-state index in [0.717, 1.165) is 38.5 Å². The number of aliphatic hydroxyl groups excluding tert-OH is 1. The van der Waals surface area contributed by atoms with E-state index in [4.69, 9.17) is 32.8 Å². The topological polar surface area (TPSA) is 84.8 Å². The van der Waals surface area contributed by atoms with Crippen LogP contribution < -0.4 is 0 Å². The first-order valence-corrected chi connectivity index (χ1v) is 21.7. The summed E-state index contributed by atoms with van der Waals surface area (Å²) < 4.78 is 48.7. The molecule has 48 heavy (non-hydrogen) atoms. The maximum absolute atomic E-state index is 11.8. The minimum absolute atomic E-state index is 0.0508. The molecule has 0 saturated carbocycles. The van der Waals surface area contributed by atoms with Crippen molar-refractivity contribution in [2.24, 2.45) is 23.7 Å². The van der Waals surface area contributed by atoms with Crippen LogP contribution in [-0.2, 0) is 32.8 Å². The van der Waals surface area contributed by atoms with Gasteiger partial charge in [0.2, 0.25) is 8.32 Å². The van der Waals surface area contributed by atoms with Crippen LogP contribution in [0.3, 0.4) is 0 Å². The van der Waals surface area contributed by atoms with Crippen molar-refractivity contribution in [2.45, 2.75) is 204 Å². The van der Waals surface area contributed by atoms with E-state index in [0.29, 0.717) is 29.1 Å². The van der Waals surface area contributed by atoms with Gasteiger partial charge in [-0.05, 0) is 54.6 Å². The summed E-state index contributed by atoms with van der Waals surface area (Å²) in [6.07, 6.45) is 4.72. The zero-order chi connectivity index (χ0) is 34.9. The second-order valence-electron chi connectivity index (χ2n) is 17.9. The smallest absolute Gasteiger partial charge is 0.200 e. The van der Waals surface area contributed by atoms with Crippen molar-refractivity contribution in [3.63, 3.8) is 0 Å². The number of ether oxygens (including phenoxy) is 6. The summed E-state index contributed by atoms with van der Waals surface area (Å²) >= 11 is 0. The van der Waals surface area contributed by atoms with Crippen LogP contribution >= 0.6 is 0 Å². The van der Waals surface area contributed by atoms with Crippen molar-refractivity contribution in [1.29, 1.82) is 0 Å². The van der Waals surface area contributed by atoms with Crippen molar-refractivity contribution < 1.29 is 38.0 Å². The molecule has 16 atom stereocenters. The molecule has 276 valence electrons. The van der Waals surface area contributed by atoms with Crippen LogP contribution in [0.1, 0.15) is 115 Å². The lowest BCUT2D eigenvalue weighted by Crippen LogP contribution is -2.63. The molecule has 6 rings (SSSR count). The van der Waals surface area contributed by atoms with Crippen LogP contribution in [0.2, 0.25) is 16.6 Å². The van der Waals surface area contributed by atoms with E-state index >= 15 is 0 Å². The third kappa shape index (κ3) is 6.25. The largest absolute Gasteiger partial charge is 0.410 e. The molecule has 0 aromatic rings. The fourth-order valence-corrected chi connectivity index (χ4v) is 16.6. The normalized spacial score (nSPS) is 49.9. The second kappa shape index (κ2) is 13.9. The first-order valence-electron chi connectivity index (χ1n) is 19.5. The summed E-state index contributed by atoms with van der Waals surface area (Å²) in [6, 6.07) is 0. The van der Waals surface area contributed by atoms with Gasteiger partial charge < -0.3 is 38.0 Å². The predicted molar refractivity (Wildman–Crippen MR) is 189 cm³/mol. The molecule has 6 fully saturated rings. The summed E-state index contributed by atoms with van der Waals surface area (Å²) in [5.41, 5.74) is 0.808. The first kappa shape index (κ1) is 37.4. The van der Waals surface area contributed by atoms with Gasteiger partial charge in [0.1, 0.15) is 11.7 Å². The Bertz CT molecular complexity index is 1100. The standard InChI is InChI=1S/C39H68O8Si/c1-13-38(12)33(47-48(21(2)3,22(4)5)23(6)7)20-30-31(45-38)18-24(8)17-28-29(42-30)19-32-35(43-28)26(10)34(40)37-36(44-32)25(9)27(11)39(46-37)15-14-16-41-39/h13,21-37,40H,1,14-20H2,2-12H3/t24-,25+,26+,27+,28+,29-,30+,31-,32+,33+,34+,35-,36-,37+,38+,39?/m1/s1. The van der Waals surface area contributed by atoms with Crippen LogP contribution in [0.5, 0.6) is 0 Å². The average molecular weight is 693 g/mol. The highest BCUT2D eigenvalue weighted by molar-refractivity contribution is 6.77. The lowest BCUT2D eigenvalue weighted by molar-refractivity contribution is -0.339. The summed E-state index contributed by atoms with van der Waals surface area (Å²) in [7, 11) is -2.20. The van der Waals surface area contributed by atoms with E-state index < -0.39 is 31.9 Å². The Balaban J connectivity index is 1.26. The van der Waals surface area contributed by atoms with E-state index in [2.05, 4.69) is 82.7 Å². The van der Waals surface area contributed by atoms with Gasteiger partial charge in [0, 0.05) is 31.1 Å². The van der Waals surface area contributed by atoms with Crippen molar-refractivity contribution in [2.75, 3.05) is 6.61 Å². The van der Waals surface area contributed by atoms with Crippen molar-refractivity contribution in [1.82, 2.24) is 0 Å². The van der Waals surface area contributed by atoms with Gasteiger partial charge in [-0.2, -0.15) is 0 Å². The van der Waals surface area contributed by atoms with E-state index in [1.807, 2.05) is 6.08 Å². The highest BCUT2D eigenvalue weighted by Crippen LogP contribution is 2.51. The SMILES string of the molecule is C=C[C@]1(C)O[C@@H]2C[C@H](C)C[C@@H]3O[C@@H]4[C@@H](C)[C@H](O)[C@@H]5OC6(CCCO6)[C@@H](C)[C@H](C)[C@H]5O[C@H]4C[C@H]3O[C@H]2C[C@@H]1O[Si](C(C)C)(C(C)C)C(C)C. The van der Waals surface area contributed by atoms with E-state index in [1.165, 1.54) is 0 Å². The maximum Gasteiger partial charge on any atom is 0.200 e. The van der Waals surface area contributed by atoms with Crippen LogP contribution in [-0.4, -0.2) is 92.5 Å². The molecule has 0 amide bonds. The molecule has 6 aliphatic rings.